The predicted molar refractivity (Wildman–Crippen MR) is 80.4 cm³/mol. The second-order valence-electron chi connectivity index (χ2n) is 4.74. The highest BCUT2D eigenvalue weighted by molar-refractivity contribution is 7.90. The van der Waals surface area contributed by atoms with Crippen molar-refractivity contribution in [1.29, 1.82) is 0 Å². The van der Waals surface area contributed by atoms with Gasteiger partial charge < -0.3 is 0 Å². The van der Waals surface area contributed by atoms with Crippen LogP contribution in [0.1, 0.15) is 12.0 Å². The number of hydrogen-bond donors (Lipinski definition) is 0. The van der Waals surface area contributed by atoms with Crippen molar-refractivity contribution in [3.8, 4) is 0 Å². The fraction of sp³-hybridized carbons (Fsp3) is 0.143. The zero-order valence-electron chi connectivity index (χ0n) is 10.9. The van der Waals surface area contributed by atoms with E-state index in [9.17, 15) is 21.6 Å². The van der Waals surface area contributed by atoms with Crippen molar-refractivity contribution in [2.75, 3.05) is 0 Å². The molecule has 0 N–H and O–H groups in total. The fourth-order valence-electron chi connectivity index (χ4n) is 2.47. The van der Waals surface area contributed by atoms with Crippen LogP contribution in [-0.4, -0.2) is 25.7 Å². The minimum absolute atomic E-state index is 0.0643. The first kappa shape index (κ1) is 15.1. The standard InChI is InChI=1S/C14H8F3NO2S2/c15-14(16,17)10-5-6-11(21)13-8-3-1-2-4-12(8)22(19,20)18-7-9(10)13/h1-5,7H,6H2. The Morgan fingerprint density at radius 3 is 2.55 bits per heavy atom. The van der Waals surface area contributed by atoms with Crippen molar-refractivity contribution in [1.82, 2.24) is 0 Å². The van der Waals surface area contributed by atoms with E-state index in [0.29, 0.717) is 0 Å². The van der Waals surface area contributed by atoms with Gasteiger partial charge in [0.2, 0.25) is 0 Å². The summed E-state index contributed by atoms with van der Waals surface area (Å²) in [7, 11) is -4.06. The highest BCUT2D eigenvalue weighted by Gasteiger charge is 2.40. The van der Waals surface area contributed by atoms with Crippen LogP contribution in [0, 0.1) is 0 Å². The molecule has 0 fully saturated rings. The number of alkyl halides is 3. The second kappa shape index (κ2) is 4.85. The number of thiocarbonyl (C=S) groups is 1. The molecule has 2 aliphatic rings. The number of benzene rings is 1. The summed E-state index contributed by atoms with van der Waals surface area (Å²) in [4.78, 5) is 0.126. The van der Waals surface area contributed by atoms with Gasteiger partial charge in [0, 0.05) is 34.2 Å². The van der Waals surface area contributed by atoms with Crippen LogP contribution in [0.4, 0.5) is 13.2 Å². The van der Waals surface area contributed by atoms with Gasteiger partial charge >= 0.3 is 6.18 Å². The van der Waals surface area contributed by atoms with E-state index in [1.165, 1.54) is 18.2 Å². The lowest BCUT2D eigenvalue weighted by Crippen LogP contribution is -2.20. The van der Waals surface area contributed by atoms with Gasteiger partial charge in [0.1, 0.15) is 0 Å². The smallest absolute Gasteiger partial charge is 0.199 e. The summed E-state index contributed by atoms with van der Waals surface area (Å²) < 4.78 is 67.2. The Bertz CT molecular complexity index is 878. The van der Waals surface area contributed by atoms with Gasteiger partial charge in [0.05, 0.1) is 10.5 Å². The molecular weight excluding hydrogens is 335 g/mol. The molecule has 114 valence electrons. The molecule has 1 aromatic carbocycles. The zero-order chi connectivity index (χ0) is 16.1. The molecule has 3 nitrogen and oxygen atoms in total. The number of fused-ring (bicyclic) bond motifs is 2. The minimum atomic E-state index is -4.61. The molecule has 0 aromatic heterocycles. The summed E-state index contributed by atoms with van der Waals surface area (Å²) in [5.41, 5.74) is -0.927. The Balaban J connectivity index is 2.39. The number of halogens is 3. The third-order valence-electron chi connectivity index (χ3n) is 3.39. The number of allylic oxidation sites excluding steroid dienone is 4. The Labute approximate surface area is 129 Å². The van der Waals surface area contributed by atoms with Gasteiger partial charge in [0.25, 0.3) is 10.0 Å². The summed E-state index contributed by atoms with van der Waals surface area (Å²) in [6, 6.07) is 5.80. The average Bonchev–Trinajstić information content (AvgIpc) is 2.54. The van der Waals surface area contributed by atoms with Crippen LogP contribution in [0.2, 0.25) is 0 Å². The van der Waals surface area contributed by atoms with Gasteiger partial charge in [-0.3, -0.25) is 0 Å². The van der Waals surface area contributed by atoms with Crippen LogP contribution < -0.4 is 0 Å². The van der Waals surface area contributed by atoms with Crippen LogP contribution >= 0.6 is 12.2 Å². The van der Waals surface area contributed by atoms with Crippen LogP contribution in [0.25, 0.3) is 5.57 Å². The number of nitrogens with zero attached hydrogens (tertiary/aromatic N) is 1. The third kappa shape index (κ3) is 2.32. The zero-order valence-corrected chi connectivity index (χ0v) is 12.5. The average molecular weight is 343 g/mol. The van der Waals surface area contributed by atoms with E-state index in [1.807, 2.05) is 0 Å². The van der Waals surface area contributed by atoms with E-state index >= 15 is 0 Å². The van der Waals surface area contributed by atoms with E-state index in [-0.39, 0.29) is 32.9 Å². The molecule has 0 saturated heterocycles. The lowest BCUT2D eigenvalue weighted by atomic mass is 9.86. The first-order valence-electron chi connectivity index (χ1n) is 6.17. The van der Waals surface area contributed by atoms with Crippen LogP contribution in [0.3, 0.4) is 0 Å². The molecule has 3 rings (SSSR count). The topological polar surface area (TPSA) is 46.5 Å². The molecule has 0 atom stereocenters. The maximum atomic E-state index is 13.2. The molecule has 8 heteroatoms. The molecule has 22 heavy (non-hydrogen) atoms. The quantitative estimate of drug-likeness (QED) is 0.678. The first-order chi connectivity index (χ1) is 10.2. The van der Waals surface area contributed by atoms with Crippen molar-refractivity contribution >= 4 is 38.9 Å². The van der Waals surface area contributed by atoms with E-state index in [2.05, 4.69) is 4.40 Å². The largest absolute Gasteiger partial charge is 0.416 e. The van der Waals surface area contributed by atoms with Gasteiger partial charge in [-0.15, -0.1) is 0 Å². The Morgan fingerprint density at radius 1 is 1.18 bits per heavy atom. The monoisotopic (exact) mass is 343 g/mol. The highest BCUT2D eigenvalue weighted by atomic mass is 32.2. The second-order valence-corrected chi connectivity index (χ2v) is 6.83. The Kier molecular flexibility index (Phi) is 3.33. The predicted octanol–water partition coefficient (Wildman–Crippen LogP) is 3.48. The molecule has 0 bridgehead atoms. The molecule has 0 unspecified atom stereocenters. The van der Waals surface area contributed by atoms with Gasteiger partial charge in [-0.1, -0.05) is 36.5 Å². The maximum Gasteiger partial charge on any atom is 0.416 e. The number of sulfonamides is 1. The summed E-state index contributed by atoms with van der Waals surface area (Å²) in [5, 5.41) is 0. The van der Waals surface area contributed by atoms with Gasteiger partial charge in [-0.2, -0.15) is 26.0 Å². The molecule has 1 aliphatic carbocycles. The molecule has 1 heterocycles. The Hall–Kier alpha value is -1.80. The van der Waals surface area contributed by atoms with E-state index in [4.69, 9.17) is 12.2 Å². The molecule has 1 aliphatic heterocycles. The van der Waals surface area contributed by atoms with Crippen molar-refractivity contribution in [2.45, 2.75) is 17.5 Å². The van der Waals surface area contributed by atoms with Crippen LogP contribution in [0.5, 0.6) is 0 Å². The Morgan fingerprint density at radius 2 is 1.86 bits per heavy atom. The maximum absolute atomic E-state index is 13.2. The number of rotatable bonds is 0. The lowest BCUT2D eigenvalue weighted by Gasteiger charge is -2.22. The lowest BCUT2D eigenvalue weighted by molar-refractivity contribution is -0.0889. The summed E-state index contributed by atoms with van der Waals surface area (Å²) in [6.07, 6.45) is -2.96. The van der Waals surface area contributed by atoms with Crippen LogP contribution in [-0.2, 0) is 10.0 Å². The summed E-state index contributed by atoms with van der Waals surface area (Å²) in [6.45, 7) is 0. The molecule has 1 aromatic rings. The van der Waals surface area contributed by atoms with Gasteiger partial charge in [0.15, 0.2) is 0 Å². The molecular formula is C14H8F3NO2S2. The molecule has 0 amide bonds. The van der Waals surface area contributed by atoms with Crippen molar-refractivity contribution in [2.24, 2.45) is 4.40 Å². The van der Waals surface area contributed by atoms with Gasteiger partial charge in [-0.25, -0.2) is 0 Å². The summed E-state index contributed by atoms with van der Waals surface area (Å²) in [5.74, 6) is 0. The van der Waals surface area contributed by atoms with Crippen molar-refractivity contribution in [3.63, 3.8) is 0 Å². The van der Waals surface area contributed by atoms with Crippen molar-refractivity contribution in [3.05, 3.63) is 47.1 Å². The van der Waals surface area contributed by atoms with Crippen molar-refractivity contribution < 1.29 is 21.6 Å². The van der Waals surface area contributed by atoms with E-state index in [1.54, 1.807) is 6.07 Å². The van der Waals surface area contributed by atoms with Gasteiger partial charge in [-0.05, 0) is 6.07 Å². The molecule has 0 saturated carbocycles. The molecule has 0 spiro atoms. The third-order valence-corrected chi connectivity index (χ3v) is 5.06. The fourth-order valence-corrected chi connectivity index (χ4v) is 3.83. The summed E-state index contributed by atoms with van der Waals surface area (Å²) >= 11 is 5.16. The minimum Gasteiger partial charge on any atom is -0.199 e. The SMILES string of the molecule is O=S1(=O)N=CC2=C(C(=S)CC=C2C(F)(F)F)c2ccccc21. The number of hydrogen-bond acceptors (Lipinski definition) is 3. The first-order valence-corrected chi connectivity index (χ1v) is 8.01. The normalized spacial score (nSPS) is 20.1. The highest BCUT2D eigenvalue weighted by Crippen LogP contribution is 2.41. The van der Waals surface area contributed by atoms with E-state index < -0.39 is 21.8 Å². The molecule has 0 radical (unpaired) electrons. The van der Waals surface area contributed by atoms with E-state index in [0.717, 1.165) is 12.3 Å². The van der Waals surface area contributed by atoms with Crippen LogP contribution in [0.15, 0.2) is 50.8 Å².